The maximum absolute atomic E-state index is 15.1. The van der Waals surface area contributed by atoms with E-state index in [1.54, 1.807) is 35.7 Å². The predicted molar refractivity (Wildman–Crippen MR) is 178 cm³/mol. The highest BCUT2D eigenvalue weighted by atomic mass is 32.2. The molecular weight excluding hydrogens is 575 g/mol. The summed E-state index contributed by atoms with van der Waals surface area (Å²) in [5, 5.41) is 1.65. The largest absolute Gasteiger partial charge is 0.472 e. The number of ether oxygens (including phenoxy) is 1. The molecule has 2 aliphatic rings. The number of halogens is 2. The van der Waals surface area contributed by atoms with E-state index < -0.39 is 11.0 Å². The zero-order chi connectivity index (χ0) is 29.9. The SMILES string of the molecule is CCC1(CC)c2cc(F)ccc2-c2c1c1c(c3cc(F)ccc23)OC(c2ccc(SC)cc2)(c2ccc(SC)cc2)C=C1. The van der Waals surface area contributed by atoms with E-state index in [1.165, 1.54) is 21.9 Å². The smallest absolute Gasteiger partial charge is 0.178 e. The molecule has 0 bridgehead atoms. The highest BCUT2D eigenvalue weighted by Gasteiger charge is 2.47. The second-order valence-corrected chi connectivity index (χ2v) is 13.0. The number of benzene rings is 5. The van der Waals surface area contributed by atoms with Gasteiger partial charge in [-0.3, -0.25) is 0 Å². The zero-order valence-corrected chi connectivity index (χ0v) is 26.3. The van der Waals surface area contributed by atoms with E-state index in [1.807, 2.05) is 12.1 Å². The molecule has 5 aromatic carbocycles. The van der Waals surface area contributed by atoms with Gasteiger partial charge in [0.1, 0.15) is 17.4 Å². The molecule has 0 amide bonds. The van der Waals surface area contributed by atoms with Crippen molar-refractivity contribution in [2.24, 2.45) is 0 Å². The average Bonchev–Trinajstić information content (AvgIpc) is 3.34. The van der Waals surface area contributed by atoms with Gasteiger partial charge in [0, 0.05) is 37.3 Å². The monoisotopic (exact) mass is 606 g/mol. The summed E-state index contributed by atoms with van der Waals surface area (Å²) in [4.78, 5) is 2.34. The van der Waals surface area contributed by atoms with Crippen LogP contribution in [0.2, 0.25) is 0 Å². The summed E-state index contributed by atoms with van der Waals surface area (Å²) >= 11 is 3.40. The van der Waals surface area contributed by atoms with Crippen LogP contribution in [0.25, 0.3) is 28.0 Å². The quantitative estimate of drug-likeness (QED) is 0.178. The minimum absolute atomic E-state index is 0.241. The van der Waals surface area contributed by atoms with Gasteiger partial charge in [-0.05, 0) is 108 Å². The van der Waals surface area contributed by atoms with Gasteiger partial charge in [0.2, 0.25) is 0 Å². The lowest BCUT2D eigenvalue weighted by atomic mass is 9.71. The molecule has 5 heteroatoms. The summed E-state index contributed by atoms with van der Waals surface area (Å²) in [5.74, 6) is 0.107. The molecule has 0 spiro atoms. The van der Waals surface area contributed by atoms with E-state index in [4.69, 9.17) is 4.74 Å². The van der Waals surface area contributed by atoms with Crippen molar-refractivity contribution in [1.82, 2.24) is 0 Å². The molecule has 1 nitrogen and oxygen atoms in total. The molecular formula is C38H32F2OS2. The Balaban J connectivity index is 1.56. The van der Waals surface area contributed by atoms with Crippen molar-refractivity contribution in [3.8, 4) is 16.9 Å². The van der Waals surface area contributed by atoms with Gasteiger partial charge < -0.3 is 4.74 Å². The molecule has 0 unspecified atom stereocenters. The van der Waals surface area contributed by atoms with Gasteiger partial charge in [-0.2, -0.15) is 0 Å². The normalized spacial score (nSPS) is 15.6. The summed E-state index contributed by atoms with van der Waals surface area (Å²) in [6.45, 7) is 4.35. The van der Waals surface area contributed by atoms with Crippen molar-refractivity contribution in [3.63, 3.8) is 0 Å². The Kier molecular flexibility index (Phi) is 6.94. The standard InChI is InChI=1S/C38H32F2OS2/c1-5-37(6-2)33-22-26(40)12-18-30(33)34-29-17-11-25(39)21-32(29)36-31(35(34)37)19-20-38(41-36,23-7-13-27(42-3)14-8-23)24-9-15-28(43-4)16-10-24/h7-22H,5-6H2,1-4H3. The van der Waals surface area contributed by atoms with Gasteiger partial charge in [-0.15, -0.1) is 23.5 Å². The first-order chi connectivity index (χ1) is 20.9. The molecule has 1 aliphatic carbocycles. The molecule has 0 radical (unpaired) electrons. The Bertz CT molecular complexity index is 1860. The van der Waals surface area contributed by atoms with Crippen LogP contribution < -0.4 is 4.74 Å². The van der Waals surface area contributed by atoms with E-state index in [-0.39, 0.29) is 11.6 Å². The number of fused-ring (bicyclic) bond motifs is 8. The first-order valence-corrected chi connectivity index (χ1v) is 17.1. The zero-order valence-electron chi connectivity index (χ0n) is 24.6. The minimum Gasteiger partial charge on any atom is -0.472 e. The number of thioether (sulfide) groups is 2. The van der Waals surface area contributed by atoms with Crippen LogP contribution in [-0.2, 0) is 11.0 Å². The van der Waals surface area contributed by atoms with Crippen LogP contribution in [0.15, 0.2) is 101 Å². The minimum atomic E-state index is -0.924. The van der Waals surface area contributed by atoms with Gasteiger partial charge in [-0.1, -0.05) is 56.3 Å². The van der Waals surface area contributed by atoms with E-state index >= 15 is 4.39 Å². The highest BCUT2D eigenvalue weighted by Crippen LogP contribution is 2.60. The molecule has 1 heterocycles. The van der Waals surface area contributed by atoms with Crippen LogP contribution in [0.5, 0.6) is 5.75 Å². The Morgan fingerprint density at radius 1 is 0.698 bits per heavy atom. The topological polar surface area (TPSA) is 9.23 Å². The van der Waals surface area contributed by atoms with Crippen molar-refractivity contribution in [2.75, 3.05) is 12.5 Å². The van der Waals surface area contributed by atoms with Crippen molar-refractivity contribution < 1.29 is 13.5 Å². The average molecular weight is 607 g/mol. The fourth-order valence-electron chi connectivity index (χ4n) is 7.30. The molecule has 0 saturated heterocycles. The fourth-order valence-corrected chi connectivity index (χ4v) is 8.11. The second kappa shape index (κ2) is 10.6. The van der Waals surface area contributed by atoms with E-state index in [9.17, 15) is 4.39 Å². The Labute approximate surface area is 260 Å². The third kappa shape index (κ3) is 4.12. The van der Waals surface area contributed by atoms with Crippen molar-refractivity contribution in [1.29, 1.82) is 0 Å². The molecule has 216 valence electrons. The van der Waals surface area contributed by atoms with Crippen molar-refractivity contribution in [3.05, 3.63) is 130 Å². The van der Waals surface area contributed by atoms with Crippen molar-refractivity contribution >= 4 is 40.4 Å². The van der Waals surface area contributed by atoms with E-state index in [2.05, 4.69) is 87.0 Å². The van der Waals surface area contributed by atoms with Gasteiger partial charge in [-0.25, -0.2) is 8.78 Å². The Morgan fingerprint density at radius 3 is 1.86 bits per heavy atom. The molecule has 0 N–H and O–H groups in total. The van der Waals surface area contributed by atoms with Crippen LogP contribution in [0.4, 0.5) is 8.78 Å². The first kappa shape index (κ1) is 28.2. The maximum Gasteiger partial charge on any atom is 0.178 e. The van der Waals surface area contributed by atoms with Crippen LogP contribution >= 0.6 is 23.5 Å². The molecule has 43 heavy (non-hydrogen) atoms. The van der Waals surface area contributed by atoms with Gasteiger partial charge in [0.05, 0.1) is 0 Å². The summed E-state index contributed by atoms with van der Waals surface area (Å²) in [7, 11) is 0. The predicted octanol–water partition coefficient (Wildman–Crippen LogP) is 11.0. The molecule has 0 aromatic heterocycles. The van der Waals surface area contributed by atoms with Gasteiger partial charge in [0.25, 0.3) is 0 Å². The third-order valence-electron chi connectivity index (χ3n) is 9.50. The Morgan fingerprint density at radius 2 is 1.28 bits per heavy atom. The van der Waals surface area contributed by atoms with E-state index in [0.29, 0.717) is 5.75 Å². The third-order valence-corrected chi connectivity index (χ3v) is 11.0. The fraction of sp³-hybridized carbons (Fsp3) is 0.211. The van der Waals surface area contributed by atoms with Crippen molar-refractivity contribution in [2.45, 2.75) is 47.5 Å². The van der Waals surface area contributed by atoms with Gasteiger partial charge in [0.15, 0.2) is 5.60 Å². The molecule has 5 aromatic rings. The maximum atomic E-state index is 15.1. The van der Waals surface area contributed by atoms with Gasteiger partial charge >= 0.3 is 0 Å². The van der Waals surface area contributed by atoms with Crippen LogP contribution in [-0.4, -0.2) is 12.5 Å². The molecule has 0 saturated carbocycles. The van der Waals surface area contributed by atoms with E-state index in [0.717, 1.165) is 62.6 Å². The number of hydrogen-bond acceptors (Lipinski definition) is 3. The lowest BCUT2D eigenvalue weighted by Crippen LogP contribution is -2.35. The summed E-state index contributed by atoms with van der Waals surface area (Å²) in [6, 6.07) is 27.1. The Hall–Kier alpha value is -3.54. The molecule has 0 atom stereocenters. The number of hydrogen-bond donors (Lipinski definition) is 0. The highest BCUT2D eigenvalue weighted by molar-refractivity contribution is 7.98. The second-order valence-electron chi connectivity index (χ2n) is 11.3. The first-order valence-electron chi connectivity index (χ1n) is 14.7. The lowest BCUT2D eigenvalue weighted by Gasteiger charge is -2.39. The van der Waals surface area contributed by atoms with Crippen LogP contribution in [0, 0.1) is 11.6 Å². The summed E-state index contributed by atoms with van der Waals surface area (Å²) < 4.78 is 37.2. The van der Waals surface area contributed by atoms with Crippen LogP contribution in [0.3, 0.4) is 0 Å². The molecule has 7 rings (SSSR count). The van der Waals surface area contributed by atoms with Crippen LogP contribution in [0.1, 0.15) is 54.5 Å². The molecule has 0 fully saturated rings. The summed E-state index contributed by atoms with van der Waals surface area (Å²) in [6.07, 6.45) is 10.1. The molecule has 1 aliphatic heterocycles. The summed E-state index contributed by atoms with van der Waals surface area (Å²) in [5.41, 5.74) is 5.84. The lowest BCUT2D eigenvalue weighted by molar-refractivity contribution is 0.163. The number of rotatable bonds is 6.